The van der Waals surface area contributed by atoms with E-state index in [1.807, 2.05) is 32.0 Å². The maximum Gasteiger partial charge on any atom is 0.253 e. The highest BCUT2D eigenvalue weighted by atomic mass is 32.2. The molecule has 0 bridgehead atoms. The van der Waals surface area contributed by atoms with E-state index in [0.29, 0.717) is 29.7 Å². The van der Waals surface area contributed by atoms with Crippen LogP contribution in [0.15, 0.2) is 41.3 Å². The Morgan fingerprint density at radius 1 is 1.00 bits per heavy atom. The first-order valence-corrected chi connectivity index (χ1v) is 11.1. The van der Waals surface area contributed by atoms with E-state index in [-0.39, 0.29) is 23.9 Å². The topological polar surface area (TPSA) is 83.5 Å². The third-order valence-corrected chi connectivity index (χ3v) is 7.33. The van der Waals surface area contributed by atoms with Crippen molar-refractivity contribution in [1.82, 2.24) is 18.0 Å². The highest BCUT2D eigenvalue weighted by Gasteiger charge is 2.32. The molecule has 1 saturated heterocycles. The Bertz CT molecular complexity index is 1130. The van der Waals surface area contributed by atoms with Crippen LogP contribution in [-0.2, 0) is 10.0 Å². The van der Waals surface area contributed by atoms with Gasteiger partial charge in [-0.15, -0.1) is 0 Å². The normalized spacial score (nSPS) is 15.9. The molecule has 3 aromatic rings. The summed E-state index contributed by atoms with van der Waals surface area (Å²) in [6, 6.07) is 10.7. The summed E-state index contributed by atoms with van der Waals surface area (Å²) in [5, 5.41) is 0. The number of hydrogen-bond acceptors (Lipinski definition) is 6. The number of hydrogen-bond donors (Lipinski definition) is 0. The Hall–Kier alpha value is -2.36. The summed E-state index contributed by atoms with van der Waals surface area (Å²) in [6.07, 6.45) is 0. The minimum Gasteiger partial charge on any atom is -0.336 e. The fraction of sp³-hybridized carbons (Fsp3) is 0.316. The molecular formula is C19H20N4O3S2. The Labute approximate surface area is 168 Å². The number of carbonyl (C=O) groups is 1. The fourth-order valence-corrected chi connectivity index (χ4v) is 5.72. The summed E-state index contributed by atoms with van der Waals surface area (Å²) in [7, 11) is -3.69. The highest BCUT2D eigenvalue weighted by molar-refractivity contribution is 7.89. The third-order valence-electron chi connectivity index (χ3n) is 4.86. The number of benzene rings is 2. The molecule has 0 saturated carbocycles. The maximum atomic E-state index is 13.1. The largest absolute Gasteiger partial charge is 0.336 e. The van der Waals surface area contributed by atoms with Gasteiger partial charge in [0.2, 0.25) is 10.0 Å². The van der Waals surface area contributed by atoms with Gasteiger partial charge in [0.15, 0.2) is 0 Å². The van der Waals surface area contributed by atoms with Crippen LogP contribution < -0.4 is 0 Å². The van der Waals surface area contributed by atoms with Crippen LogP contribution in [0.25, 0.3) is 11.0 Å². The van der Waals surface area contributed by atoms with E-state index < -0.39 is 10.0 Å². The number of carbonyl (C=O) groups excluding carboxylic acids is 1. The first-order chi connectivity index (χ1) is 13.4. The molecule has 0 unspecified atom stereocenters. The zero-order chi connectivity index (χ0) is 19.9. The summed E-state index contributed by atoms with van der Waals surface area (Å²) in [4.78, 5) is 14.7. The SMILES string of the molecule is Cc1cc(C)cc(C(=O)N2CCN(S(=O)(=O)c3cccc4nsnc34)CC2)c1. The molecule has 1 aliphatic heterocycles. The molecule has 0 atom stereocenters. The van der Waals surface area contributed by atoms with Crippen LogP contribution in [0.3, 0.4) is 0 Å². The van der Waals surface area contributed by atoms with Crippen molar-refractivity contribution in [3.8, 4) is 0 Å². The van der Waals surface area contributed by atoms with Gasteiger partial charge in [0.1, 0.15) is 15.9 Å². The van der Waals surface area contributed by atoms with Crippen LogP contribution in [0.2, 0.25) is 0 Å². The molecule has 0 N–H and O–H groups in total. The lowest BCUT2D eigenvalue weighted by Gasteiger charge is -2.34. The summed E-state index contributed by atoms with van der Waals surface area (Å²) in [6.45, 7) is 5.15. The van der Waals surface area contributed by atoms with Gasteiger partial charge in [-0.1, -0.05) is 23.3 Å². The number of fused-ring (bicyclic) bond motifs is 1. The molecule has 7 nitrogen and oxygen atoms in total. The highest BCUT2D eigenvalue weighted by Crippen LogP contribution is 2.25. The van der Waals surface area contributed by atoms with Crippen molar-refractivity contribution in [2.75, 3.05) is 26.2 Å². The Morgan fingerprint density at radius 3 is 2.36 bits per heavy atom. The molecule has 1 fully saturated rings. The second kappa shape index (κ2) is 7.23. The van der Waals surface area contributed by atoms with Crippen molar-refractivity contribution in [3.63, 3.8) is 0 Å². The first-order valence-electron chi connectivity index (χ1n) is 8.95. The van der Waals surface area contributed by atoms with Gasteiger partial charge in [0.05, 0.1) is 11.7 Å². The molecule has 146 valence electrons. The third kappa shape index (κ3) is 3.41. The first kappa shape index (κ1) is 19.0. The number of amides is 1. The molecular weight excluding hydrogens is 396 g/mol. The molecule has 1 amide bonds. The van der Waals surface area contributed by atoms with Gasteiger partial charge in [-0.2, -0.15) is 13.1 Å². The number of aryl methyl sites for hydroxylation is 2. The van der Waals surface area contributed by atoms with Crippen LogP contribution in [0.5, 0.6) is 0 Å². The fourth-order valence-electron chi connectivity index (χ4n) is 3.54. The second-order valence-corrected chi connectivity index (χ2v) is 9.40. The number of aromatic nitrogens is 2. The van der Waals surface area contributed by atoms with Crippen molar-refractivity contribution < 1.29 is 13.2 Å². The van der Waals surface area contributed by atoms with Crippen LogP contribution in [-0.4, -0.2) is 58.5 Å². The average molecular weight is 417 g/mol. The van der Waals surface area contributed by atoms with E-state index >= 15 is 0 Å². The van der Waals surface area contributed by atoms with Gasteiger partial charge in [-0.05, 0) is 38.1 Å². The molecule has 1 aliphatic rings. The Morgan fingerprint density at radius 2 is 1.68 bits per heavy atom. The van der Waals surface area contributed by atoms with E-state index in [0.717, 1.165) is 22.9 Å². The zero-order valence-electron chi connectivity index (χ0n) is 15.6. The van der Waals surface area contributed by atoms with E-state index in [2.05, 4.69) is 8.75 Å². The smallest absolute Gasteiger partial charge is 0.253 e. The standard InChI is InChI=1S/C19H20N4O3S2/c1-13-10-14(2)12-15(11-13)19(24)22-6-8-23(9-7-22)28(25,26)17-5-3-4-16-18(17)21-27-20-16/h3-5,10-12H,6-9H2,1-2H3. The number of sulfonamides is 1. The van der Waals surface area contributed by atoms with Crippen LogP contribution >= 0.6 is 11.7 Å². The van der Waals surface area contributed by atoms with Crippen molar-refractivity contribution in [2.24, 2.45) is 0 Å². The van der Waals surface area contributed by atoms with E-state index in [4.69, 9.17) is 0 Å². The van der Waals surface area contributed by atoms with Crippen molar-refractivity contribution in [2.45, 2.75) is 18.7 Å². The van der Waals surface area contributed by atoms with Gasteiger partial charge in [-0.25, -0.2) is 8.42 Å². The second-order valence-electron chi connectivity index (χ2n) is 6.96. The summed E-state index contributed by atoms with van der Waals surface area (Å²) in [5.74, 6) is -0.0605. The van der Waals surface area contributed by atoms with Crippen molar-refractivity contribution in [1.29, 1.82) is 0 Å². The molecule has 2 aromatic carbocycles. The van der Waals surface area contributed by atoms with E-state index in [1.54, 1.807) is 23.1 Å². The lowest BCUT2D eigenvalue weighted by Crippen LogP contribution is -2.50. The molecule has 1 aromatic heterocycles. The molecule has 0 radical (unpaired) electrons. The Balaban J connectivity index is 1.52. The van der Waals surface area contributed by atoms with Gasteiger partial charge >= 0.3 is 0 Å². The monoisotopic (exact) mass is 416 g/mol. The predicted octanol–water partition coefficient (Wildman–Crippen LogP) is 2.45. The Kier molecular flexibility index (Phi) is 4.90. The average Bonchev–Trinajstić information content (AvgIpc) is 3.15. The molecule has 2 heterocycles. The predicted molar refractivity (Wildman–Crippen MR) is 108 cm³/mol. The van der Waals surface area contributed by atoms with Gasteiger partial charge in [0.25, 0.3) is 5.91 Å². The quantitative estimate of drug-likeness (QED) is 0.655. The molecule has 0 spiro atoms. The van der Waals surface area contributed by atoms with Crippen LogP contribution in [0, 0.1) is 13.8 Å². The van der Waals surface area contributed by atoms with Crippen molar-refractivity contribution in [3.05, 3.63) is 53.1 Å². The van der Waals surface area contributed by atoms with Crippen LogP contribution in [0.4, 0.5) is 0 Å². The lowest BCUT2D eigenvalue weighted by atomic mass is 10.1. The minimum atomic E-state index is -3.69. The zero-order valence-corrected chi connectivity index (χ0v) is 17.3. The van der Waals surface area contributed by atoms with Gasteiger partial charge in [-0.3, -0.25) is 4.79 Å². The van der Waals surface area contributed by atoms with Gasteiger partial charge in [0, 0.05) is 31.7 Å². The van der Waals surface area contributed by atoms with Crippen LogP contribution in [0.1, 0.15) is 21.5 Å². The number of nitrogens with zero attached hydrogens (tertiary/aromatic N) is 4. The van der Waals surface area contributed by atoms with Gasteiger partial charge < -0.3 is 4.90 Å². The van der Waals surface area contributed by atoms with E-state index in [1.165, 1.54) is 4.31 Å². The van der Waals surface area contributed by atoms with E-state index in [9.17, 15) is 13.2 Å². The lowest BCUT2D eigenvalue weighted by molar-refractivity contribution is 0.0697. The molecule has 0 aliphatic carbocycles. The molecule has 28 heavy (non-hydrogen) atoms. The molecule has 9 heteroatoms. The number of rotatable bonds is 3. The number of piperazine rings is 1. The summed E-state index contributed by atoms with van der Waals surface area (Å²) >= 11 is 0.998. The minimum absolute atomic E-state index is 0.0605. The summed E-state index contributed by atoms with van der Waals surface area (Å²) in [5.41, 5.74) is 3.70. The maximum absolute atomic E-state index is 13.1. The van der Waals surface area contributed by atoms with Crippen molar-refractivity contribution >= 4 is 38.7 Å². The molecule has 4 rings (SSSR count). The summed E-state index contributed by atoms with van der Waals surface area (Å²) < 4.78 is 35.9.